The van der Waals surface area contributed by atoms with Crippen molar-refractivity contribution in [1.29, 1.82) is 0 Å². The van der Waals surface area contributed by atoms with Crippen molar-refractivity contribution in [3.63, 3.8) is 0 Å². The maximum Gasteiger partial charge on any atom is 0.309 e. The highest BCUT2D eigenvalue weighted by molar-refractivity contribution is 5.74. The van der Waals surface area contributed by atoms with Gasteiger partial charge in [0.1, 0.15) is 5.76 Å². The Morgan fingerprint density at radius 2 is 1.96 bits per heavy atom. The summed E-state index contributed by atoms with van der Waals surface area (Å²) < 4.78 is 31.4. The molecule has 27 heavy (non-hydrogen) atoms. The molecule has 2 aliphatic rings. The Hall–Kier alpha value is -1.39. The van der Waals surface area contributed by atoms with Crippen molar-refractivity contribution in [3.05, 3.63) is 24.0 Å². The van der Waals surface area contributed by atoms with Crippen LogP contribution in [0.3, 0.4) is 0 Å². The molecule has 2 rings (SSSR count). The summed E-state index contributed by atoms with van der Waals surface area (Å²) in [6.07, 6.45) is 12.3. The van der Waals surface area contributed by atoms with Crippen LogP contribution in [0.1, 0.15) is 77.6 Å². The number of allylic oxidation sites excluding steroid dienone is 3. The number of alkyl halides is 2. The highest BCUT2D eigenvalue weighted by atomic mass is 19.3. The van der Waals surface area contributed by atoms with Crippen LogP contribution in [0, 0.1) is 17.3 Å². The topological polar surface area (TPSA) is 46.5 Å². The number of halogens is 2. The number of aliphatic carboxylic acids is 1. The number of carboxylic acid groups (broad SMARTS) is 1. The van der Waals surface area contributed by atoms with Crippen LogP contribution in [0.5, 0.6) is 0 Å². The summed E-state index contributed by atoms with van der Waals surface area (Å²) in [5.74, 6) is 0.601. The van der Waals surface area contributed by atoms with Gasteiger partial charge in [0.25, 0.3) is 0 Å². The normalized spacial score (nSPS) is 28.2. The van der Waals surface area contributed by atoms with Gasteiger partial charge in [0.05, 0.1) is 12.0 Å². The van der Waals surface area contributed by atoms with Crippen LogP contribution in [0.2, 0.25) is 0 Å². The molecule has 1 saturated carbocycles. The maximum absolute atomic E-state index is 12.8. The van der Waals surface area contributed by atoms with Crippen LogP contribution in [-0.4, -0.2) is 24.1 Å². The number of carbonyl (C=O) groups is 1. The van der Waals surface area contributed by atoms with Crippen LogP contribution >= 0.6 is 0 Å². The Morgan fingerprint density at radius 1 is 1.26 bits per heavy atom. The Bertz CT molecular complexity index is 520. The highest BCUT2D eigenvalue weighted by Crippen LogP contribution is 2.46. The van der Waals surface area contributed by atoms with Crippen molar-refractivity contribution in [2.45, 2.75) is 84.0 Å². The van der Waals surface area contributed by atoms with Gasteiger partial charge < -0.3 is 9.84 Å². The first-order valence-corrected chi connectivity index (χ1v) is 10.5. The zero-order valence-electron chi connectivity index (χ0n) is 16.5. The van der Waals surface area contributed by atoms with E-state index >= 15 is 0 Å². The predicted octanol–water partition coefficient (Wildman–Crippen LogP) is 6.35. The SMILES string of the molecule is CCCCCCCOC1=CCC(C2CCC(CC(F)F)(C(=O)O)CC2)C=C1. The number of rotatable bonds is 11. The van der Waals surface area contributed by atoms with Gasteiger partial charge >= 0.3 is 5.97 Å². The lowest BCUT2D eigenvalue weighted by molar-refractivity contribution is -0.155. The van der Waals surface area contributed by atoms with E-state index in [9.17, 15) is 18.7 Å². The van der Waals surface area contributed by atoms with Gasteiger partial charge in [-0.3, -0.25) is 4.79 Å². The number of carboxylic acids is 1. The molecule has 0 spiro atoms. The van der Waals surface area contributed by atoms with Crippen LogP contribution in [0.25, 0.3) is 0 Å². The van der Waals surface area contributed by atoms with Crippen molar-refractivity contribution < 1.29 is 23.4 Å². The van der Waals surface area contributed by atoms with Gasteiger partial charge in [0, 0.05) is 6.42 Å². The predicted molar refractivity (Wildman–Crippen MR) is 103 cm³/mol. The summed E-state index contributed by atoms with van der Waals surface area (Å²) in [7, 11) is 0. The molecule has 1 atom stereocenters. The third-order valence-electron chi connectivity index (χ3n) is 6.21. The fourth-order valence-corrected chi connectivity index (χ4v) is 4.39. The molecular weight excluding hydrogens is 350 g/mol. The molecule has 0 aromatic rings. The van der Waals surface area contributed by atoms with E-state index in [1.807, 2.05) is 6.08 Å². The first-order valence-electron chi connectivity index (χ1n) is 10.5. The molecule has 0 aromatic carbocycles. The van der Waals surface area contributed by atoms with Crippen molar-refractivity contribution in [2.24, 2.45) is 17.3 Å². The minimum atomic E-state index is -2.56. The molecule has 1 unspecified atom stereocenters. The average Bonchev–Trinajstić information content (AvgIpc) is 2.65. The lowest BCUT2D eigenvalue weighted by Crippen LogP contribution is -2.38. The van der Waals surface area contributed by atoms with Crippen LogP contribution in [-0.2, 0) is 9.53 Å². The zero-order chi connectivity index (χ0) is 19.7. The third kappa shape index (κ3) is 6.62. The molecule has 0 radical (unpaired) electrons. The minimum absolute atomic E-state index is 0.354. The second-order valence-corrected chi connectivity index (χ2v) is 8.15. The molecular formula is C22H34F2O3. The van der Waals surface area contributed by atoms with Gasteiger partial charge in [0.15, 0.2) is 0 Å². The first-order chi connectivity index (χ1) is 13.0. The summed E-state index contributed by atoms with van der Waals surface area (Å²) >= 11 is 0. The summed E-state index contributed by atoms with van der Waals surface area (Å²) in [5.41, 5.74) is -1.23. The van der Waals surface area contributed by atoms with E-state index in [4.69, 9.17) is 4.74 Å². The quantitative estimate of drug-likeness (QED) is 0.422. The maximum atomic E-state index is 12.8. The molecule has 5 heteroatoms. The minimum Gasteiger partial charge on any atom is -0.494 e. The molecule has 2 aliphatic carbocycles. The molecule has 1 fully saturated rings. The van der Waals surface area contributed by atoms with E-state index in [1.54, 1.807) is 0 Å². The smallest absolute Gasteiger partial charge is 0.309 e. The molecule has 0 aromatic heterocycles. The van der Waals surface area contributed by atoms with Crippen molar-refractivity contribution in [1.82, 2.24) is 0 Å². The van der Waals surface area contributed by atoms with Gasteiger partial charge in [-0.25, -0.2) is 8.78 Å². The van der Waals surface area contributed by atoms with Gasteiger partial charge in [-0.1, -0.05) is 38.7 Å². The van der Waals surface area contributed by atoms with Crippen molar-refractivity contribution >= 4 is 5.97 Å². The highest BCUT2D eigenvalue weighted by Gasteiger charge is 2.44. The Kier molecular flexibility index (Phi) is 8.78. The van der Waals surface area contributed by atoms with Gasteiger partial charge in [-0.2, -0.15) is 0 Å². The fourth-order valence-electron chi connectivity index (χ4n) is 4.39. The standard InChI is InChI=1S/C22H34F2O3/c1-2-3-4-5-6-15-27-19-9-7-17(8-10-19)18-11-13-22(14-12-18,21(25)26)16-20(23)24/h7,9-10,17-18,20H,2-6,8,11-16H2,1H3,(H,25,26). The lowest BCUT2D eigenvalue weighted by atomic mass is 9.65. The Labute approximate surface area is 161 Å². The van der Waals surface area contributed by atoms with Gasteiger partial charge in [0.2, 0.25) is 6.43 Å². The average molecular weight is 385 g/mol. The summed E-state index contributed by atoms with van der Waals surface area (Å²) in [4.78, 5) is 11.5. The monoisotopic (exact) mass is 384 g/mol. The first kappa shape index (κ1) is 21.9. The Morgan fingerprint density at radius 3 is 2.52 bits per heavy atom. The molecule has 0 saturated heterocycles. The van der Waals surface area contributed by atoms with Crippen LogP contribution < -0.4 is 0 Å². The molecule has 0 heterocycles. The molecule has 0 bridgehead atoms. The molecule has 0 amide bonds. The van der Waals surface area contributed by atoms with Crippen molar-refractivity contribution in [3.8, 4) is 0 Å². The largest absolute Gasteiger partial charge is 0.494 e. The van der Waals surface area contributed by atoms with E-state index in [2.05, 4.69) is 19.1 Å². The number of ether oxygens (including phenoxy) is 1. The molecule has 154 valence electrons. The van der Waals surface area contributed by atoms with Crippen LogP contribution in [0.4, 0.5) is 8.78 Å². The van der Waals surface area contributed by atoms with Gasteiger partial charge in [-0.15, -0.1) is 0 Å². The molecule has 1 N–H and O–H groups in total. The van der Waals surface area contributed by atoms with E-state index < -0.39 is 24.2 Å². The van der Waals surface area contributed by atoms with E-state index in [1.165, 1.54) is 25.7 Å². The fraction of sp³-hybridized carbons (Fsp3) is 0.773. The summed E-state index contributed by atoms with van der Waals surface area (Å²) in [6.45, 7) is 2.96. The van der Waals surface area contributed by atoms with E-state index in [-0.39, 0.29) is 0 Å². The molecule has 0 aliphatic heterocycles. The van der Waals surface area contributed by atoms with E-state index in [0.29, 0.717) is 37.5 Å². The lowest BCUT2D eigenvalue weighted by Gasteiger charge is -2.39. The van der Waals surface area contributed by atoms with Gasteiger partial charge in [-0.05, 0) is 62.5 Å². The number of unbranched alkanes of at least 4 members (excludes halogenated alkanes) is 4. The number of hydrogen-bond donors (Lipinski definition) is 1. The summed E-state index contributed by atoms with van der Waals surface area (Å²) in [6, 6.07) is 0. The number of hydrogen-bond acceptors (Lipinski definition) is 2. The second kappa shape index (κ2) is 10.8. The second-order valence-electron chi connectivity index (χ2n) is 8.15. The van der Waals surface area contributed by atoms with Crippen LogP contribution in [0.15, 0.2) is 24.0 Å². The summed E-state index contributed by atoms with van der Waals surface area (Å²) in [5, 5.41) is 9.45. The third-order valence-corrected chi connectivity index (χ3v) is 6.21. The van der Waals surface area contributed by atoms with Crippen molar-refractivity contribution in [2.75, 3.05) is 6.61 Å². The van der Waals surface area contributed by atoms with E-state index in [0.717, 1.165) is 25.2 Å². The Balaban J connectivity index is 1.73. The zero-order valence-corrected chi connectivity index (χ0v) is 16.5. The molecule has 3 nitrogen and oxygen atoms in total.